The SMILES string of the molecule is CNC(=O)CCOc1ccc2ccccc2c1Br. The molecule has 0 aliphatic carbocycles. The van der Waals surface area contributed by atoms with Gasteiger partial charge in [0.15, 0.2) is 0 Å². The highest BCUT2D eigenvalue weighted by Gasteiger charge is 2.06. The van der Waals surface area contributed by atoms with Crippen molar-refractivity contribution in [3.05, 3.63) is 40.9 Å². The number of amides is 1. The van der Waals surface area contributed by atoms with Gasteiger partial charge in [-0.2, -0.15) is 0 Å². The molecule has 0 saturated carbocycles. The van der Waals surface area contributed by atoms with Crippen LogP contribution in [0.2, 0.25) is 0 Å². The standard InChI is InChI=1S/C14H14BrNO2/c1-16-13(17)8-9-18-12-7-6-10-4-2-3-5-11(10)14(12)15/h2-7H,8-9H2,1H3,(H,16,17). The van der Waals surface area contributed by atoms with Crippen molar-refractivity contribution in [2.75, 3.05) is 13.7 Å². The van der Waals surface area contributed by atoms with Crippen LogP contribution >= 0.6 is 15.9 Å². The lowest BCUT2D eigenvalue weighted by Gasteiger charge is -2.10. The van der Waals surface area contributed by atoms with Gasteiger partial charge in [0.05, 0.1) is 17.5 Å². The summed E-state index contributed by atoms with van der Waals surface area (Å²) in [5, 5.41) is 4.83. The van der Waals surface area contributed by atoms with Crippen LogP contribution in [0.3, 0.4) is 0 Å². The molecule has 0 fully saturated rings. The summed E-state index contributed by atoms with van der Waals surface area (Å²) >= 11 is 3.54. The number of carbonyl (C=O) groups is 1. The van der Waals surface area contributed by atoms with E-state index in [2.05, 4.69) is 27.3 Å². The Labute approximate surface area is 114 Å². The fraction of sp³-hybridized carbons (Fsp3) is 0.214. The normalized spacial score (nSPS) is 10.3. The second kappa shape index (κ2) is 5.87. The first-order valence-electron chi connectivity index (χ1n) is 5.73. The third-order valence-electron chi connectivity index (χ3n) is 2.69. The number of halogens is 1. The zero-order valence-corrected chi connectivity index (χ0v) is 11.7. The first-order valence-corrected chi connectivity index (χ1v) is 6.52. The molecule has 0 heterocycles. The van der Waals surface area contributed by atoms with Crippen molar-refractivity contribution in [2.45, 2.75) is 6.42 Å². The lowest BCUT2D eigenvalue weighted by molar-refractivity contribution is -0.121. The summed E-state index contributed by atoms with van der Waals surface area (Å²) in [7, 11) is 1.62. The average molecular weight is 308 g/mol. The number of ether oxygens (including phenoxy) is 1. The number of nitrogens with one attached hydrogen (secondary N) is 1. The van der Waals surface area contributed by atoms with E-state index >= 15 is 0 Å². The molecule has 1 N–H and O–H groups in total. The number of rotatable bonds is 4. The minimum Gasteiger partial charge on any atom is -0.492 e. The minimum absolute atomic E-state index is 0.0214. The molecule has 2 rings (SSSR count). The van der Waals surface area contributed by atoms with Crippen molar-refractivity contribution in [3.8, 4) is 5.75 Å². The van der Waals surface area contributed by atoms with Crippen molar-refractivity contribution in [3.63, 3.8) is 0 Å². The van der Waals surface area contributed by atoms with Crippen LogP contribution in [0.5, 0.6) is 5.75 Å². The van der Waals surface area contributed by atoms with E-state index in [4.69, 9.17) is 4.74 Å². The molecule has 0 aliphatic heterocycles. The Hall–Kier alpha value is -1.55. The van der Waals surface area contributed by atoms with Gasteiger partial charge in [0.2, 0.25) is 5.91 Å². The Kier molecular flexibility index (Phi) is 4.20. The lowest BCUT2D eigenvalue weighted by atomic mass is 10.1. The molecule has 1 amide bonds. The number of benzene rings is 2. The molecule has 3 nitrogen and oxygen atoms in total. The van der Waals surface area contributed by atoms with Crippen LogP contribution in [0.25, 0.3) is 10.8 Å². The van der Waals surface area contributed by atoms with E-state index in [0.717, 1.165) is 21.0 Å². The van der Waals surface area contributed by atoms with Crippen molar-refractivity contribution in [1.29, 1.82) is 0 Å². The molecular weight excluding hydrogens is 294 g/mol. The summed E-state index contributed by atoms with van der Waals surface area (Å²) in [5.41, 5.74) is 0. The fourth-order valence-electron chi connectivity index (χ4n) is 1.70. The lowest BCUT2D eigenvalue weighted by Crippen LogP contribution is -2.20. The van der Waals surface area contributed by atoms with Crippen LogP contribution in [0.4, 0.5) is 0 Å². The van der Waals surface area contributed by atoms with E-state index in [1.807, 2.05) is 30.3 Å². The van der Waals surface area contributed by atoms with Crippen LogP contribution in [-0.2, 0) is 4.79 Å². The van der Waals surface area contributed by atoms with E-state index in [1.54, 1.807) is 7.05 Å². The van der Waals surface area contributed by atoms with Crippen molar-refractivity contribution in [2.24, 2.45) is 0 Å². The largest absolute Gasteiger partial charge is 0.492 e. The van der Waals surface area contributed by atoms with Crippen LogP contribution in [0.1, 0.15) is 6.42 Å². The minimum atomic E-state index is -0.0214. The molecule has 0 atom stereocenters. The summed E-state index contributed by atoms with van der Waals surface area (Å²) in [6.45, 7) is 0.372. The molecule has 0 radical (unpaired) electrons. The van der Waals surface area contributed by atoms with Crippen molar-refractivity contribution < 1.29 is 9.53 Å². The number of hydrogen-bond donors (Lipinski definition) is 1. The topological polar surface area (TPSA) is 38.3 Å². The number of carbonyl (C=O) groups excluding carboxylic acids is 1. The Morgan fingerprint density at radius 3 is 2.83 bits per heavy atom. The molecule has 0 bridgehead atoms. The molecule has 0 aromatic heterocycles. The third kappa shape index (κ3) is 2.82. The van der Waals surface area contributed by atoms with Gasteiger partial charge in [0.25, 0.3) is 0 Å². The maximum Gasteiger partial charge on any atom is 0.223 e. The zero-order chi connectivity index (χ0) is 13.0. The summed E-state index contributed by atoms with van der Waals surface area (Å²) in [6.07, 6.45) is 0.357. The van der Waals surface area contributed by atoms with Gasteiger partial charge in [-0.3, -0.25) is 4.79 Å². The molecule has 4 heteroatoms. The van der Waals surface area contributed by atoms with Crippen molar-refractivity contribution >= 4 is 32.6 Å². The second-order valence-corrected chi connectivity index (χ2v) is 4.66. The predicted molar refractivity (Wildman–Crippen MR) is 75.8 cm³/mol. The Balaban J connectivity index is 2.14. The monoisotopic (exact) mass is 307 g/mol. The fourth-order valence-corrected chi connectivity index (χ4v) is 2.31. The van der Waals surface area contributed by atoms with Gasteiger partial charge in [0.1, 0.15) is 5.75 Å². The van der Waals surface area contributed by atoms with Gasteiger partial charge in [-0.25, -0.2) is 0 Å². The molecule has 18 heavy (non-hydrogen) atoms. The molecule has 0 spiro atoms. The van der Waals surface area contributed by atoms with E-state index in [-0.39, 0.29) is 5.91 Å². The van der Waals surface area contributed by atoms with Gasteiger partial charge in [0, 0.05) is 7.05 Å². The summed E-state index contributed by atoms with van der Waals surface area (Å²) in [5.74, 6) is 0.740. The highest BCUT2D eigenvalue weighted by Crippen LogP contribution is 2.32. The smallest absolute Gasteiger partial charge is 0.223 e. The van der Waals surface area contributed by atoms with E-state index in [9.17, 15) is 4.79 Å². The van der Waals surface area contributed by atoms with Gasteiger partial charge in [-0.05, 0) is 32.8 Å². The molecule has 0 aliphatic rings. The molecule has 2 aromatic carbocycles. The summed E-state index contributed by atoms with van der Waals surface area (Å²) < 4.78 is 6.54. The number of hydrogen-bond acceptors (Lipinski definition) is 2. The average Bonchev–Trinajstić information content (AvgIpc) is 2.41. The van der Waals surface area contributed by atoms with E-state index < -0.39 is 0 Å². The maximum atomic E-state index is 11.1. The van der Waals surface area contributed by atoms with Crippen LogP contribution in [0.15, 0.2) is 40.9 Å². The van der Waals surface area contributed by atoms with E-state index in [0.29, 0.717) is 13.0 Å². The zero-order valence-electron chi connectivity index (χ0n) is 10.1. The summed E-state index contributed by atoms with van der Waals surface area (Å²) in [6, 6.07) is 12.0. The van der Waals surface area contributed by atoms with Crippen LogP contribution in [-0.4, -0.2) is 19.6 Å². The molecule has 0 saturated heterocycles. The predicted octanol–water partition coefficient (Wildman–Crippen LogP) is 3.12. The quantitative estimate of drug-likeness (QED) is 0.942. The molecule has 2 aromatic rings. The molecule has 0 unspecified atom stereocenters. The third-order valence-corrected chi connectivity index (χ3v) is 3.51. The van der Waals surface area contributed by atoms with Crippen molar-refractivity contribution in [1.82, 2.24) is 5.32 Å². The van der Waals surface area contributed by atoms with Gasteiger partial charge < -0.3 is 10.1 Å². The molecule has 94 valence electrons. The Morgan fingerprint density at radius 1 is 1.28 bits per heavy atom. The highest BCUT2D eigenvalue weighted by molar-refractivity contribution is 9.10. The van der Waals surface area contributed by atoms with Gasteiger partial charge in [-0.1, -0.05) is 30.3 Å². The van der Waals surface area contributed by atoms with E-state index in [1.165, 1.54) is 0 Å². The second-order valence-electron chi connectivity index (χ2n) is 3.87. The first-order chi connectivity index (χ1) is 8.72. The first kappa shape index (κ1) is 12.9. The van der Waals surface area contributed by atoms with Gasteiger partial charge in [-0.15, -0.1) is 0 Å². The molecular formula is C14H14BrNO2. The highest BCUT2D eigenvalue weighted by atomic mass is 79.9. The summed E-state index contributed by atoms with van der Waals surface area (Å²) in [4.78, 5) is 11.1. The van der Waals surface area contributed by atoms with Crippen LogP contribution in [0, 0.1) is 0 Å². The number of fused-ring (bicyclic) bond motifs is 1. The Morgan fingerprint density at radius 2 is 2.06 bits per heavy atom. The van der Waals surface area contributed by atoms with Gasteiger partial charge >= 0.3 is 0 Å². The Bertz CT molecular complexity index is 569. The maximum absolute atomic E-state index is 11.1. The van der Waals surface area contributed by atoms with Crippen LogP contribution < -0.4 is 10.1 Å².